The minimum absolute atomic E-state index is 0.339. The van der Waals surface area contributed by atoms with Crippen molar-refractivity contribution in [1.29, 1.82) is 0 Å². The number of aryl methyl sites for hydroxylation is 2. The second-order valence-corrected chi connectivity index (χ2v) is 4.56. The maximum atomic E-state index is 9.76. The molecule has 1 unspecified atom stereocenters. The fourth-order valence-electron chi connectivity index (χ4n) is 1.80. The molecule has 0 aliphatic heterocycles. The summed E-state index contributed by atoms with van der Waals surface area (Å²) < 4.78 is 0. The van der Waals surface area contributed by atoms with Crippen molar-refractivity contribution in [2.75, 3.05) is 32.5 Å². The lowest BCUT2D eigenvalue weighted by molar-refractivity contribution is 0.148. The normalized spacial score (nSPS) is 12.9. The molecule has 0 bridgehead atoms. The Hall–Kier alpha value is -1.06. The van der Waals surface area contributed by atoms with Crippen molar-refractivity contribution < 1.29 is 5.11 Å². The van der Waals surface area contributed by atoms with Gasteiger partial charge in [-0.15, -0.1) is 0 Å². The Labute approximate surface area is 98.1 Å². The van der Waals surface area contributed by atoms with Crippen molar-refractivity contribution in [3.63, 3.8) is 0 Å². The smallest absolute Gasteiger partial charge is 0.0838 e. The van der Waals surface area contributed by atoms with Gasteiger partial charge in [0.15, 0.2) is 0 Å². The number of nitrogens with one attached hydrogen (secondary N) is 1. The summed E-state index contributed by atoms with van der Waals surface area (Å²) in [5, 5.41) is 13.1. The average molecular weight is 222 g/mol. The summed E-state index contributed by atoms with van der Waals surface area (Å²) in [7, 11) is 3.92. The summed E-state index contributed by atoms with van der Waals surface area (Å²) in [5.41, 5.74) is 3.58. The lowest BCUT2D eigenvalue weighted by Gasteiger charge is -2.18. The lowest BCUT2D eigenvalue weighted by atomic mass is 10.1. The topological polar surface area (TPSA) is 35.5 Å². The maximum Gasteiger partial charge on any atom is 0.0838 e. The second-order valence-electron chi connectivity index (χ2n) is 4.56. The Morgan fingerprint density at radius 3 is 2.31 bits per heavy atom. The third-order valence-electron chi connectivity index (χ3n) is 2.57. The van der Waals surface area contributed by atoms with Crippen molar-refractivity contribution >= 4 is 5.69 Å². The van der Waals surface area contributed by atoms with Crippen LogP contribution in [0.5, 0.6) is 0 Å². The molecule has 2 N–H and O–H groups in total. The molecule has 90 valence electrons. The number of hydrogen-bond donors (Lipinski definition) is 2. The van der Waals surface area contributed by atoms with E-state index >= 15 is 0 Å². The molecule has 1 rings (SSSR count). The van der Waals surface area contributed by atoms with Gasteiger partial charge in [0.2, 0.25) is 0 Å². The molecule has 0 aliphatic rings. The predicted octanol–water partition coefficient (Wildman–Crippen LogP) is 1.64. The molecule has 1 aromatic carbocycles. The number of rotatable bonds is 5. The van der Waals surface area contributed by atoms with Gasteiger partial charge < -0.3 is 15.3 Å². The van der Waals surface area contributed by atoms with E-state index in [2.05, 4.69) is 31.3 Å². The first-order valence-electron chi connectivity index (χ1n) is 5.63. The molecule has 0 heterocycles. The first-order valence-corrected chi connectivity index (χ1v) is 5.63. The Balaban J connectivity index is 2.54. The van der Waals surface area contributed by atoms with Crippen LogP contribution in [-0.2, 0) is 0 Å². The zero-order chi connectivity index (χ0) is 12.1. The molecule has 0 aliphatic carbocycles. The summed E-state index contributed by atoms with van der Waals surface area (Å²) in [6.45, 7) is 5.42. The van der Waals surface area contributed by atoms with Crippen LogP contribution in [0.2, 0.25) is 0 Å². The zero-order valence-corrected chi connectivity index (χ0v) is 10.6. The lowest BCUT2D eigenvalue weighted by Crippen LogP contribution is -2.31. The van der Waals surface area contributed by atoms with Crippen LogP contribution in [0.15, 0.2) is 18.2 Å². The third kappa shape index (κ3) is 3.83. The highest BCUT2D eigenvalue weighted by atomic mass is 16.3. The van der Waals surface area contributed by atoms with E-state index in [-0.39, 0.29) is 6.10 Å². The van der Waals surface area contributed by atoms with Gasteiger partial charge in [-0.1, -0.05) is 18.2 Å². The Bertz CT molecular complexity index is 316. The number of anilines is 1. The molecule has 0 saturated carbocycles. The minimum atomic E-state index is -0.339. The summed E-state index contributed by atoms with van der Waals surface area (Å²) >= 11 is 0. The van der Waals surface area contributed by atoms with Crippen LogP contribution < -0.4 is 5.32 Å². The van der Waals surface area contributed by atoms with Crippen LogP contribution in [0.25, 0.3) is 0 Å². The molecule has 0 aromatic heterocycles. The molecule has 0 saturated heterocycles. The molecule has 3 heteroatoms. The van der Waals surface area contributed by atoms with Gasteiger partial charge in [-0.05, 0) is 39.1 Å². The number of hydrogen-bond acceptors (Lipinski definition) is 3. The molecule has 1 atom stereocenters. The Kier molecular flexibility index (Phi) is 4.77. The first-order chi connectivity index (χ1) is 7.50. The molecule has 0 fully saturated rings. The number of para-hydroxylation sites is 1. The first kappa shape index (κ1) is 13.0. The van der Waals surface area contributed by atoms with E-state index < -0.39 is 0 Å². The van der Waals surface area contributed by atoms with E-state index in [0.29, 0.717) is 13.1 Å². The Morgan fingerprint density at radius 1 is 1.25 bits per heavy atom. The van der Waals surface area contributed by atoms with Gasteiger partial charge in [-0.25, -0.2) is 0 Å². The van der Waals surface area contributed by atoms with Crippen molar-refractivity contribution in [2.24, 2.45) is 0 Å². The van der Waals surface area contributed by atoms with Gasteiger partial charge in [0, 0.05) is 18.8 Å². The fourth-order valence-corrected chi connectivity index (χ4v) is 1.80. The minimum Gasteiger partial charge on any atom is -0.390 e. The van der Waals surface area contributed by atoms with Crippen LogP contribution in [0.4, 0.5) is 5.69 Å². The summed E-state index contributed by atoms with van der Waals surface area (Å²) in [4.78, 5) is 1.98. The number of aliphatic hydroxyl groups is 1. The van der Waals surface area contributed by atoms with Gasteiger partial charge in [0.05, 0.1) is 6.10 Å². The quantitative estimate of drug-likeness (QED) is 0.795. The van der Waals surface area contributed by atoms with Crippen LogP contribution in [0.3, 0.4) is 0 Å². The van der Waals surface area contributed by atoms with Crippen LogP contribution in [-0.4, -0.2) is 43.3 Å². The van der Waals surface area contributed by atoms with E-state index in [1.165, 1.54) is 11.1 Å². The molecular weight excluding hydrogens is 200 g/mol. The maximum absolute atomic E-state index is 9.76. The van der Waals surface area contributed by atoms with Gasteiger partial charge >= 0.3 is 0 Å². The molecule has 3 nitrogen and oxygen atoms in total. The number of benzene rings is 1. The van der Waals surface area contributed by atoms with E-state index in [0.717, 1.165) is 5.69 Å². The standard InChI is InChI=1S/C13H22N2O/c1-10-6-5-7-11(2)13(10)14-8-12(16)9-15(3)4/h5-7,12,14,16H,8-9H2,1-4H3. The molecule has 0 radical (unpaired) electrons. The van der Waals surface area contributed by atoms with Crippen molar-refractivity contribution in [3.8, 4) is 0 Å². The van der Waals surface area contributed by atoms with Crippen LogP contribution in [0.1, 0.15) is 11.1 Å². The summed E-state index contributed by atoms with van der Waals surface area (Å²) in [5.74, 6) is 0. The van der Waals surface area contributed by atoms with Crippen LogP contribution in [0, 0.1) is 13.8 Å². The highest BCUT2D eigenvalue weighted by Gasteiger charge is 2.07. The zero-order valence-electron chi connectivity index (χ0n) is 10.6. The largest absolute Gasteiger partial charge is 0.390 e. The van der Waals surface area contributed by atoms with Crippen molar-refractivity contribution in [1.82, 2.24) is 4.90 Å². The van der Waals surface area contributed by atoms with Gasteiger partial charge in [0.1, 0.15) is 0 Å². The van der Waals surface area contributed by atoms with Crippen LogP contribution >= 0.6 is 0 Å². The van der Waals surface area contributed by atoms with E-state index in [1.807, 2.05) is 25.1 Å². The fraction of sp³-hybridized carbons (Fsp3) is 0.538. The van der Waals surface area contributed by atoms with Gasteiger partial charge in [0.25, 0.3) is 0 Å². The van der Waals surface area contributed by atoms with Crippen molar-refractivity contribution in [3.05, 3.63) is 29.3 Å². The third-order valence-corrected chi connectivity index (χ3v) is 2.57. The number of nitrogens with zero attached hydrogens (tertiary/aromatic N) is 1. The molecular formula is C13H22N2O. The highest BCUT2D eigenvalue weighted by molar-refractivity contribution is 5.56. The molecule has 1 aromatic rings. The Morgan fingerprint density at radius 2 is 1.81 bits per heavy atom. The summed E-state index contributed by atoms with van der Waals surface area (Å²) in [6.07, 6.45) is -0.339. The average Bonchev–Trinajstić information content (AvgIpc) is 2.15. The number of likely N-dealkylation sites (N-methyl/N-ethyl adjacent to an activating group) is 1. The highest BCUT2D eigenvalue weighted by Crippen LogP contribution is 2.19. The molecule has 0 amide bonds. The van der Waals surface area contributed by atoms with Gasteiger partial charge in [-0.2, -0.15) is 0 Å². The van der Waals surface area contributed by atoms with E-state index in [4.69, 9.17) is 0 Å². The van der Waals surface area contributed by atoms with E-state index in [9.17, 15) is 5.11 Å². The monoisotopic (exact) mass is 222 g/mol. The SMILES string of the molecule is Cc1cccc(C)c1NCC(O)CN(C)C. The van der Waals surface area contributed by atoms with Crippen molar-refractivity contribution in [2.45, 2.75) is 20.0 Å². The van der Waals surface area contributed by atoms with Gasteiger partial charge in [-0.3, -0.25) is 0 Å². The molecule has 16 heavy (non-hydrogen) atoms. The summed E-state index contributed by atoms with van der Waals surface area (Å²) in [6, 6.07) is 6.20. The predicted molar refractivity (Wildman–Crippen MR) is 69.0 cm³/mol. The molecule has 0 spiro atoms. The van der Waals surface area contributed by atoms with E-state index in [1.54, 1.807) is 0 Å². The number of aliphatic hydroxyl groups excluding tert-OH is 1. The second kappa shape index (κ2) is 5.87.